The van der Waals surface area contributed by atoms with E-state index in [1.165, 1.54) is 38.5 Å². The van der Waals surface area contributed by atoms with Crippen molar-refractivity contribution in [3.63, 3.8) is 0 Å². The highest BCUT2D eigenvalue weighted by molar-refractivity contribution is 5.13. The van der Waals surface area contributed by atoms with E-state index in [-0.39, 0.29) is 11.9 Å². The summed E-state index contributed by atoms with van der Waals surface area (Å²) < 4.78 is 19.6. The van der Waals surface area contributed by atoms with Crippen molar-refractivity contribution in [1.29, 1.82) is 0 Å². The zero-order chi connectivity index (χ0) is 15.5. The second-order valence-corrected chi connectivity index (χ2v) is 8.52. The molecule has 126 valence electrons. The zero-order valence-corrected chi connectivity index (χ0v) is 14.6. The lowest BCUT2D eigenvalue weighted by molar-refractivity contribution is -0.289. The normalized spacial score (nSPS) is 56.7. The van der Waals surface area contributed by atoms with Crippen LogP contribution in [0.25, 0.3) is 0 Å². The quantitative estimate of drug-likeness (QED) is 0.768. The van der Waals surface area contributed by atoms with E-state index in [2.05, 4.69) is 27.7 Å². The van der Waals surface area contributed by atoms with E-state index >= 15 is 0 Å². The number of unbranched alkanes of at least 4 members (excludes halogenated alkanes) is 1. The van der Waals surface area contributed by atoms with Crippen LogP contribution in [-0.2, 0) is 14.2 Å². The molecule has 1 aliphatic carbocycles. The predicted molar refractivity (Wildman–Crippen MR) is 85.3 cm³/mol. The molecule has 0 radical (unpaired) electrons. The summed E-state index contributed by atoms with van der Waals surface area (Å²) in [6.07, 6.45) is 8.75. The molecule has 1 saturated carbocycles. The number of hydrogen-bond acceptors (Lipinski definition) is 3. The summed E-state index contributed by atoms with van der Waals surface area (Å²) in [5.41, 5.74) is -0.160. The Balaban J connectivity index is 1.68. The minimum absolute atomic E-state index is 0.129. The lowest BCUT2D eigenvalue weighted by atomic mass is 9.56. The molecule has 8 atom stereocenters. The van der Waals surface area contributed by atoms with Crippen molar-refractivity contribution < 1.29 is 14.2 Å². The Labute approximate surface area is 135 Å². The molecule has 0 unspecified atom stereocenters. The zero-order valence-electron chi connectivity index (χ0n) is 14.6. The van der Waals surface area contributed by atoms with E-state index in [9.17, 15) is 0 Å². The predicted octanol–water partition coefficient (Wildman–Crippen LogP) is 4.50. The fourth-order valence-corrected chi connectivity index (χ4v) is 5.98. The molecule has 3 heterocycles. The summed E-state index contributed by atoms with van der Waals surface area (Å²) in [6.45, 7) is 9.19. The second kappa shape index (κ2) is 5.19. The van der Waals surface area contributed by atoms with Gasteiger partial charge in [-0.05, 0) is 56.3 Å². The van der Waals surface area contributed by atoms with Crippen LogP contribution < -0.4 is 0 Å². The van der Waals surface area contributed by atoms with Gasteiger partial charge in [-0.25, -0.2) is 0 Å². The summed E-state index contributed by atoms with van der Waals surface area (Å²) in [5, 5.41) is 0. The third-order valence-corrected chi connectivity index (χ3v) is 7.17. The molecule has 3 nitrogen and oxygen atoms in total. The smallest absolute Gasteiger partial charge is 0.190 e. The molecule has 0 N–H and O–H groups in total. The highest BCUT2D eigenvalue weighted by Crippen LogP contribution is 2.63. The lowest BCUT2D eigenvalue weighted by Crippen LogP contribution is -2.66. The summed E-state index contributed by atoms with van der Waals surface area (Å²) >= 11 is 0. The van der Waals surface area contributed by atoms with E-state index in [1.807, 2.05) is 0 Å². The highest BCUT2D eigenvalue weighted by atomic mass is 16.8. The topological polar surface area (TPSA) is 27.7 Å². The van der Waals surface area contributed by atoms with Gasteiger partial charge in [0.25, 0.3) is 0 Å². The van der Waals surface area contributed by atoms with Crippen molar-refractivity contribution in [1.82, 2.24) is 0 Å². The van der Waals surface area contributed by atoms with Gasteiger partial charge in [0.2, 0.25) is 0 Å². The van der Waals surface area contributed by atoms with Gasteiger partial charge in [0.15, 0.2) is 12.1 Å². The van der Waals surface area contributed by atoms with Crippen molar-refractivity contribution in [3.8, 4) is 0 Å². The van der Waals surface area contributed by atoms with Gasteiger partial charge in [0, 0.05) is 6.42 Å². The highest BCUT2D eigenvalue weighted by Gasteiger charge is 2.71. The molecule has 0 aromatic rings. The number of rotatable bonds is 3. The Bertz CT molecular complexity index is 438. The van der Waals surface area contributed by atoms with Gasteiger partial charge in [-0.15, -0.1) is 0 Å². The summed E-state index contributed by atoms with van der Waals surface area (Å²) in [5.74, 6) is 2.13. The standard InChI is InChI=1S/C19H32O3/c1-5-6-7-16-13(3)15-9-8-12(2)14-10-11-18(4)21-17(20-16)19(14,15)22-18/h12-17H,5-11H2,1-4H3/t12-,13-,14+,15+,16-,17-,18+,19-/m1/s1. The first-order valence-corrected chi connectivity index (χ1v) is 9.53. The Morgan fingerprint density at radius 2 is 1.91 bits per heavy atom. The molecular formula is C19H32O3. The van der Waals surface area contributed by atoms with Gasteiger partial charge >= 0.3 is 0 Å². The van der Waals surface area contributed by atoms with Gasteiger partial charge in [0.1, 0.15) is 5.60 Å². The molecule has 3 saturated heterocycles. The molecule has 1 spiro atoms. The van der Waals surface area contributed by atoms with Gasteiger partial charge < -0.3 is 14.2 Å². The van der Waals surface area contributed by atoms with Gasteiger partial charge in [-0.2, -0.15) is 0 Å². The minimum atomic E-state index is -0.407. The largest absolute Gasteiger partial charge is 0.346 e. The van der Waals surface area contributed by atoms with Crippen LogP contribution in [0.2, 0.25) is 0 Å². The number of hydrogen-bond donors (Lipinski definition) is 0. The third kappa shape index (κ3) is 1.98. The number of fused-ring (bicyclic) bond motifs is 1. The van der Waals surface area contributed by atoms with Crippen molar-refractivity contribution in [2.24, 2.45) is 23.7 Å². The molecule has 0 amide bonds. The van der Waals surface area contributed by atoms with Crippen LogP contribution in [0.4, 0.5) is 0 Å². The van der Waals surface area contributed by atoms with E-state index < -0.39 is 5.79 Å². The van der Waals surface area contributed by atoms with Gasteiger partial charge in [0.05, 0.1) is 6.10 Å². The van der Waals surface area contributed by atoms with Crippen LogP contribution in [0.15, 0.2) is 0 Å². The van der Waals surface area contributed by atoms with E-state index in [1.54, 1.807) is 0 Å². The average molecular weight is 308 g/mol. The lowest BCUT2D eigenvalue weighted by Gasteiger charge is -2.58. The van der Waals surface area contributed by atoms with Crippen molar-refractivity contribution in [2.75, 3.05) is 0 Å². The molecule has 4 fully saturated rings. The second-order valence-electron chi connectivity index (χ2n) is 8.52. The Hall–Kier alpha value is -0.120. The monoisotopic (exact) mass is 308 g/mol. The van der Waals surface area contributed by atoms with Crippen LogP contribution >= 0.6 is 0 Å². The Kier molecular flexibility index (Phi) is 3.63. The summed E-state index contributed by atoms with van der Waals surface area (Å²) in [4.78, 5) is 0. The van der Waals surface area contributed by atoms with Crippen LogP contribution in [0.1, 0.15) is 72.6 Å². The fourth-order valence-electron chi connectivity index (χ4n) is 5.98. The van der Waals surface area contributed by atoms with Crippen molar-refractivity contribution in [3.05, 3.63) is 0 Å². The average Bonchev–Trinajstić information content (AvgIpc) is 2.70. The van der Waals surface area contributed by atoms with Crippen LogP contribution in [-0.4, -0.2) is 23.8 Å². The first-order valence-electron chi connectivity index (χ1n) is 9.53. The molecule has 22 heavy (non-hydrogen) atoms. The first kappa shape index (κ1) is 15.4. The van der Waals surface area contributed by atoms with Crippen LogP contribution in [0.5, 0.6) is 0 Å². The van der Waals surface area contributed by atoms with Crippen LogP contribution in [0.3, 0.4) is 0 Å². The number of ether oxygens (including phenoxy) is 3. The van der Waals surface area contributed by atoms with E-state index in [0.717, 1.165) is 12.3 Å². The maximum Gasteiger partial charge on any atom is 0.190 e. The fraction of sp³-hybridized carbons (Fsp3) is 1.00. The molecule has 3 heteroatoms. The maximum absolute atomic E-state index is 6.69. The van der Waals surface area contributed by atoms with Crippen molar-refractivity contribution >= 4 is 0 Å². The Morgan fingerprint density at radius 1 is 1.09 bits per heavy atom. The van der Waals surface area contributed by atoms with E-state index in [4.69, 9.17) is 14.2 Å². The molecule has 4 aliphatic rings. The van der Waals surface area contributed by atoms with Gasteiger partial charge in [-0.1, -0.05) is 33.6 Å². The van der Waals surface area contributed by atoms with Gasteiger partial charge in [-0.3, -0.25) is 0 Å². The minimum Gasteiger partial charge on any atom is -0.346 e. The maximum atomic E-state index is 6.69. The third-order valence-electron chi connectivity index (χ3n) is 7.17. The Morgan fingerprint density at radius 3 is 2.68 bits per heavy atom. The molecule has 2 bridgehead atoms. The first-order chi connectivity index (χ1) is 10.5. The van der Waals surface area contributed by atoms with Crippen molar-refractivity contribution in [2.45, 2.75) is 96.4 Å². The SMILES string of the molecule is CCCC[C@H]1O[C@@H]2O[C@]3(C)CC[C@H]4[C@H](C)CC[C@@H]([C@H]1C)[C@@]24O3. The molecule has 0 aromatic heterocycles. The molecular weight excluding hydrogens is 276 g/mol. The molecule has 0 aromatic carbocycles. The summed E-state index contributed by atoms with van der Waals surface area (Å²) in [6, 6.07) is 0. The van der Waals surface area contributed by atoms with E-state index in [0.29, 0.717) is 23.9 Å². The van der Waals surface area contributed by atoms with Crippen LogP contribution in [0, 0.1) is 23.7 Å². The summed E-state index contributed by atoms with van der Waals surface area (Å²) in [7, 11) is 0. The molecule has 3 aliphatic heterocycles. The molecule has 4 rings (SSSR count).